The summed E-state index contributed by atoms with van der Waals surface area (Å²) in [6, 6.07) is 2.99. The molecule has 2 heterocycles. The highest BCUT2D eigenvalue weighted by Crippen LogP contribution is 2.39. The summed E-state index contributed by atoms with van der Waals surface area (Å²) in [6.07, 6.45) is 1.47. The zero-order valence-electron chi connectivity index (χ0n) is 10.8. The molecule has 108 valence electrons. The Morgan fingerprint density at radius 1 is 1.38 bits per heavy atom. The highest BCUT2D eigenvalue weighted by atomic mass is 16.7. The molecule has 0 unspecified atom stereocenters. The fraction of sp³-hybridized carbons (Fsp3) is 0.143. The van der Waals surface area contributed by atoms with Crippen LogP contribution in [0.5, 0.6) is 17.2 Å². The topological polar surface area (TPSA) is 98.0 Å². The van der Waals surface area contributed by atoms with E-state index in [0.717, 1.165) is 0 Å². The van der Waals surface area contributed by atoms with Gasteiger partial charge in [-0.3, -0.25) is 4.79 Å². The van der Waals surface area contributed by atoms with Crippen LogP contribution in [0.3, 0.4) is 0 Å². The third-order valence-corrected chi connectivity index (χ3v) is 3.26. The van der Waals surface area contributed by atoms with Crippen molar-refractivity contribution >= 4 is 16.9 Å². The number of fused-ring (bicyclic) bond motifs is 2. The molecule has 0 saturated heterocycles. The fourth-order valence-electron chi connectivity index (χ4n) is 2.33. The number of carboxylic acid groups (broad SMARTS) is 1. The van der Waals surface area contributed by atoms with Gasteiger partial charge in [0, 0.05) is 18.0 Å². The van der Waals surface area contributed by atoms with Crippen LogP contribution in [0.2, 0.25) is 0 Å². The predicted molar refractivity (Wildman–Crippen MR) is 73.2 cm³/mol. The Balaban J connectivity index is 2.48. The van der Waals surface area contributed by atoms with Gasteiger partial charge in [-0.05, 0) is 6.07 Å². The summed E-state index contributed by atoms with van der Waals surface area (Å²) in [7, 11) is 0. The van der Waals surface area contributed by atoms with Crippen molar-refractivity contribution in [1.82, 2.24) is 4.57 Å². The Hall–Kier alpha value is -2.96. The number of benzene rings is 1. The second-order valence-corrected chi connectivity index (χ2v) is 4.46. The molecule has 0 atom stereocenters. The smallest absolute Gasteiger partial charge is 0.345 e. The van der Waals surface area contributed by atoms with E-state index in [1.807, 2.05) is 0 Å². The summed E-state index contributed by atoms with van der Waals surface area (Å²) < 4.78 is 11.7. The van der Waals surface area contributed by atoms with E-state index >= 15 is 0 Å². The van der Waals surface area contributed by atoms with Gasteiger partial charge in [-0.15, -0.1) is 6.58 Å². The Bertz CT molecular complexity index is 836. The molecular formula is C14H11NO6. The summed E-state index contributed by atoms with van der Waals surface area (Å²) >= 11 is 0. The molecule has 0 bridgehead atoms. The molecule has 2 aromatic rings. The molecule has 3 rings (SSSR count). The zero-order valence-corrected chi connectivity index (χ0v) is 10.8. The molecule has 7 nitrogen and oxygen atoms in total. The molecule has 0 radical (unpaired) electrons. The quantitative estimate of drug-likeness (QED) is 0.827. The monoisotopic (exact) mass is 289 g/mol. The van der Waals surface area contributed by atoms with Gasteiger partial charge in [0.05, 0.1) is 5.52 Å². The van der Waals surface area contributed by atoms with E-state index in [0.29, 0.717) is 17.0 Å². The summed E-state index contributed by atoms with van der Waals surface area (Å²) in [6.45, 7) is 3.69. The van der Waals surface area contributed by atoms with Crippen molar-refractivity contribution in [1.29, 1.82) is 0 Å². The van der Waals surface area contributed by atoms with E-state index in [9.17, 15) is 14.7 Å². The SMILES string of the molecule is C=CCn1c(=O)c(C(=O)O)c(O)c2cc3c(cc21)OCO3. The minimum Gasteiger partial charge on any atom is -0.506 e. The third-order valence-electron chi connectivity index (χ3n) is 3.26. The van der Waals surface area contributed by atoms with Crippen LogP contribution in [0.25, 0.3) is 10.9 Å². The minimum atomic E-state index is -1.49. The number of rotatable bonds is 3. The number of nitrogens with zero attached hydrogens (tertiary/aromatic N) is 1. The van der Waals surface area contributed by atoms with Crippen molar-refractivity contribution in [2.24, 2.45) is 0 Å². The van der Waals surface area contributed by atoms with Crippen LogP contribution < -0.4 is 15.0 Å². The van der Waals surface area contributed by atoms with E-state index in [2.05, 4.69) is 6.58 Å². The molecule has 1 aromatic heterocycles. The highest BCUT2D eigenvalue weighted by molar-refractivity contribution is 5.99. The van der Waals surface area contributed by atoms with Gasteiger partial charge in [0.1, 0.15) is 5.75 Å². The number of aromatic hydroxyl groups is 1. The zero-order chi connectivity index (χ0) is 15.1. The average Bonchev–Trinajstić information content (AvgIpc) is 2.89. The van der Waals surface area contributed by atoms with Crippen molar-refractivity contribution in [3.05, 3.63) is 40.7 Å². The maximum absolute atomic E-state index is 12.2. The van der Waals surface area contributed by atoms with Gasteiger partial charge < -0.3 is 24.3 Å². The van der Waals surface area contributed by atoms with Gasteiger partial charge in [-0.1, -0.05) is 6.08 Å². The standard InChI is InChI=1S/C14H11NO6/c1-2-3-15-8-5-10-9(20-6-21-10)4-7(8)12(16)11(13(15)17)14(18)19/h2,4-5,16H,1,3,6H2,(H,18,19). The van der Waals surface area contributed by atoms with Gasteiger partial charge in [0.2, 0.25) is 6.79 Å². The predicted octanol–water partition coefficient (Wildman–Crippen LogP) is 1.32. The van der Waals surface area contributed by atoms with Crippen LogP contribution in [0.4, 0.5) is 0 Å². The maximum atomic E-state index is 12.2. The molecule has 21 heavy (non-hydrogen) atoms. The maximum Gasteiger partial charge on any atom is 0.345 e. The molecule has 0 amide bonds. The van der Waals surface area contributed by atoms with Crippen LogP contribution in [-0.4, -0.2) is 27.5 Å². The van der Waals surface area contributed by atoms with Crippen LogP contribution in [0.15, 0.2) is 29.6 Å². The first-order valence-corrected chi connectivity index (χ1v) is 6.08. The van der Waals surface area contributed by atoms with Crippen LogP contribution in [0.1, 0.15) is 10.4 Å². The average molecular weight is 289 g/mol. The minimum absolute atomic E-state index is 0.0316. The molecule has 0 aliphatic carbocycles. The van der Waals surface area contributed by atoms with E-state index < -0.39 is 22.8 Å². The Kier molecular flexibility index (Phi) is 2.83. The molecule has 0 spiro atoms. The first-order chi connectivity index (χ1) is 10.0. The molecular weight excluding hydrogens is 278 g/mol. The molecule has 1 aromatic carbocycles. The molecule has 0 fully saturated rings. The Morgan fingerprint density at radius 2 is 2.05 bits per heavy atom. The first-order valence-electron chi connectivity index (χ1n) is 6.08. The van der Waals surface area contributed by atoms with E-state index in [1.165, 1.54) is 22.8 Å². The van der Waals surface area contributed by atoms with E-state index in [1.54, 1.807) is 0 Å². The summed E-state index contributed by atoms with van der Waals surface area (Å²) in [5.41, 5.74) is -1.12. The molecule has 2 N–H and O–H groups in total. The number of allylic oxidation sites excluding steroid dienone is 1. The lowest BCUT2D eigenvalue weighted by atomic mass is 10.1. The number of aromatic carboxylic acids is 1. The largest absolute Gasteiger partial charge is 0.506 e. The van der Waals surface area contributed by atoms with Crippen molar-refractivity contribution in [2.45, 2.75) is 6.54 Å². The highest BCUT2D eigenvalue weighted by Gasteiger charge is 2.24. The summed E-state index contributed by atoms with van der Waals surface area (Å²) in [5, 5.41) is 19.5. The third kappa shape index (κ3) is 1.82. The number of hydrogen-bond acceptors (Lipinski definition) is 5. The van der Waals surface area contributed by atoms with Crippen LogP contribution in [-0.2, 0) is 6.54 Å². The van der Waals surface area contributed by atoms with Gasteiger partial charge in [0.25, 0.3) is 5.56 Å². The first kappa shape index (κ1) is 13.0. The normalized spacial score (nSPS) is 12.6. The molecule has 1 aliphatic rings. The van der Waals surface area contributed by atoms with Gasteiger partial charge in [0.15, 0.2) is 17.1 Å². The fourth-order valence-corrected chi connectivity index (χ4v) is 2.33. The van der Waals surface area contributed by atoms with Crippen molar-refractivity contribution < 1.29 is 24.5 Å². The Morgan fingerprint density at radius 3 is 2.67 bits per heavy atom. The Labute approximate surface area is 118 Å². The van der Waals surface area contributed by atoms with Gasteiger partial charge >= 0.3 is 5.97 Å². The lowest BCUT2D eigenvalue weighted by molar-refractivity contribution is 0.0691. The molecule has 7 heteroatoms. The second-order valence-electron chi connectivity index (χ2n) is 4.46. The molecule has 1 aliphatic heterocycles. The number of hydrogen-bond donors (Lipinski definition) is 2. The van der Waals surface area contributed by atoms with Gasteiger partial charge in [-0.25, -0.2) is 4.79 Å². The number of aromatic nitrogens is 1. The molecule has 0 saturated carbocycles. The van der Waals surface area contributed by atoms with Gasteiger partial charge in [-0.2, -0.15) is 0 Å². The van der Waals surface area contributed by atoms with Crippen LogP contribution in [0, 0.1) is 0 Å². The van der Waals surface area contributed by atoms with Crippen LogP contribution >= 0.6 is 0 Å². The van der Waals surface area contributed by atoms with Crippen molar-refractivity contribution in [2.75, 3.05) is 6.79 Å². The van der Waals surface area contributed by atoms with E-state index in [4.69, 9.17) is 14.6 Å². The van der Waals surface area contributed by atoms with E-state index in [-0.39, 0.29) is 18.7 Å². The summed E-state index contributed by atoms with van der Waals surface area (Å²) in [5.74, 6) is -1.25. The second kappa shape index (κ2) is 4.55. The lowest BCUT2D eigenvalue weighted by Crippen LogP contribution is -2.26. The van der Waals surface area contributed by atoms with Crippen molar-refractivity contribution in [3.63, 3.8) is 0 Å². The summed E-state index contributed by atoms with van der Waals surface area (Å²) in [4.78, 5) is 23.5. The lowest BCUT2D eigenvalue weighted by Gasteiger charge is -2.12. The number of carbonyl (C=O) groups is 1. The number of carboxylic acids is 1. The number of pyridine rings is 1. The number of ether oxygens (including phenoxy) is 2. The van der Waals surface area contributed by atoms with Crippen molar-refractivity contribution in [3.8, 4) is 17.2 Å².